The molecule has 0 radical (unpaired) electrons. The number of hydrogen-bond acceptors (Lipinski definition) is 2. The minimum absolute atomic E-state index is 0.131. The van der Waals surface area contributed by atoms with Crippen molar-refractivity contribution in [3.05, 3.63) is 58.7 Å². The first-order chi connectivity index (χ1) is 12.1. The lowest BCUT2D eigenvalue weighted by Gasteiger charge is -2.31. The third-order valence-corrected chi connectivity index (χ3v) is 5.79. The number of carbonyl (C=O) groups excluding carboxylic acids is 1. The SMILES string of the molecule is O=C(CC1(Cl)C=CC(C2CCCCC2)=C(Cl)C1)OCc1ccccc1. The quantitative estimate of drug-likeness (QED) is 0.454. The number of halogens is 2. The first-order valence-corrected chi connectivity index (χ1v) is 9.78. The maximum Gasteiger partial charge on any atom is 0.308 e. The normalized spacial score (nSPS) is 24.4. The Kier molecular flexibility index (Phi) is 6.24. The van der Waals surface area contributed by atoms with E-state index in [9.17, 15) is 4.79 Å². The van der Waals surface area contributed by atoms with Gasteiger partial charge in [0.25, 0.3) is 0 Å². The van der Waals surface area contributed by atoms with E-state index in [1.165, 1.54) is 37.7 Å². The Hall–Kier alpha value is -1.25. The molecular formula is C21H24Cl2O2. The van der Waals surface area contributed by atoms with Crippen LogP contribution >= 0.6 is 23.2 Å². The molecule has 25 heavy (non-hydrogen) atoms. The van der Waals surface area contributed by atoms with Crippen LogP contribution < -0.4 is 0 Å². The molecule has 1 fully saturated rings. The number of benzene rings is 1. The predicted molar refractivity (Wildman–Crippen MR) is 103 cm³/mol. The summed E-state index contributed by atoms with van der Waals surface area (Å²) >= 11 is 13.2. The summed E-state index contributed by atoms with van der Waals surface area (Å²) in [6.07, 6.45) is 10.9. The fraction of sp³-hybridized carbons (Fsp3) is 0.476. The largest absolute Gasteiger partial charge is 0.461 e. The number of rotatable bonds is 5. The van der Waals surface area contributed by atoms with Gasteiger partial charge in [0.05, 0.1) is 11.3 Å². The van der Waals surface area contributed by atoms with Gasteiger partial charge in [-0.2, -0.15) is 0 Å². The summed E-state index contributed by atoms with van der Waals surface area (Å²) in [6.45, 7) is 0.271. The molecule has 4 heteroatoms. The van der Waals surface area contributed by atoms with E-state index in [4.69, 9.17) is 27.9 Å². The average Bonchev–Trinajstić information content (AvgIpc) is 2.61. The summed E-state index contributed by atoms with van der Waals surface area (Å²) in [5.74, 6) is 0.248. The topological polar surface area (TPSA) is 26.3 Å². The van der Waals surface area contributed by atoms with E-state index in [1.807, 2.05) is 42.5 Å². The number of alkyl halides is 1. The first kappa shape index (κ1) is 18.5. The molecule has 1 saturated carbocycles. The summed E-state index contributed by atoms with van der Waals surface area (Å²) in [4.78, 5) is 11.4. The van der Waals surface area contributed by atoms with Crippen LogP contribution in [-0.2, 0) is 16.1 Å². The summed E-state index contributed by atoms with van der Waals surface area (Å²) in [5.41, 5.74) is 2.19. The van der Waals surface area contributed by atoms with Crippen LogP contribution in [0.15, 0.2) is 53.1 Å². The van der Waals surface area contributed by atoms with Crippen LogP contribution in [0.25, 0.3) is 0 Å². The van der Waals surface area contributed by atoms with Crippen molar-refractivity contribution < 1.29 is 9.53 Å². The minimum Gasteiger partial charge on any atom is -0.461 e. The highest BCUT2D eigenvalue weighted by molar-refractivity contribution is 6.33. The van der Waals surface area contributed by atoms with Gasteiger partial charge in [0.1, 0.15) is 6.61 Å². The average molecular weight is 379 g/mol. The van der Waals surface area contributed by atoms with E-state index in [2.05, 4.69) is 0 Å². The van der Waals surface area contributed by atoms with Crippen LogP contribution in [0, 0.1) is 5.92 Å². The lowest BCUT2D eigenvalue weighted by molar-refractivity contribution is -0.145. The first-order valence-electron chi connectivity index (χ1n) is 9.02. The van der Waals surface area contributed by atoms with Gasteiger partial charge in [-0.3, -0.25) is 4.79 Å². The van der Waals surface area contributed by atoms with Crippen molar-refractivity contribution in [2.75, 3.05) is 0 Å². The van der Waals surface area contributed by atoms with Crippen molar-refractivity contribution in [1.29, 1.82) is 0 Å². The molecule has 0 N–H and O–H groups in total. The van der Waals surface area contributed by atoms with Gasteiger partial charge in [0.15, 0.2) is 0 Å². The van der Waals surface area contributed by atoms with Crippen LogP contribution in [0.1, 0.15) is 50.5 Å². The molecule has 0 aromatic heterocycles. The fourth-order valence-electron chi connectivity index (χ4n) is 3.67. The van der Waals surface area contributed by atoms with Crippen LogP contribution in [0.4, 0.5) is 0 Å². The van der Waals surface area contributed by atoms with E-state index < -0.39 is 4.87 Å². The molecular weight excluding hydrogens is 355 g/mol. The van der Waals surface area contributed by atoms with Crippen LogP contribution in [0.2, 0.25) is 0 Å². The van der Waals surface area contributed by atoms with Crippen molar-refractivity contribution in [3.8, 4) is 0 Å². The minimum atomic E-state index is -0.775. The van der Waals surface area contributed by atoms with E-state index in [0.717, 1.165) is 10.6 Å². The molecule has 0 spiro atoms. The standard InChI is InChI=1S/C21H24Cl2O2/c22-19-13-21(23,12-11-18(19)17-9-5-2-6-10-17)14-20(24)25-15-16-7-3-1-4-8-16/h1,3-4,7-8,11-12,17H,2,5-6,9-10,13-15H2. The summed E-state index contributed by atoms with van der Waals surface area (Å²) in [5, 5.41) is 0.806. The zero-order valence-corrected chi connectivity index (χ0v) is 15.9. The van der Waals surface area contributed by atoms with Gasteiger partial charge in [0.2, 0.25) is 0 Å². The summed E-state index contributed by atoms with van der Waals surface area (Å²) < 4.78 is 5.36. The van der Waals surface area contributed by atoms with Crippen molar-refractivity contribution in [3.63, 3.8) is 0 Å². The zero-order valence-electron chi connectivity index (χ0n) is 14.3. The molecule has 1 aromatic carbocycles. The third-order valence-electron chi connectivity index (χ3n) is 5.05. The van der Waals surface area contributed by atoms with Gasteiger partial charge < -0.3 is 4.74 Å². The predicted octanol–water partition coefficient (Wildman–Crippen LogP) is 6.13. The van der Waals surface area contributed by atoms with Crippen molar-refractivity contribution >= 4 is 29.2 Å². The van der Waals surface area contributed by atoms with Gasteiger partial charge in [-0.05, 0) is 29.9 Å². The molecule has 0 heterocycles. The molecule has 0 saturated heterocycles. The van der Waals surface area contributed by atoms with Gasteiger partial charge >= 0.3 is 5.97 Å². The zero-order chi connectivity index (χ0) is 17.7. The highest BCUT2D eigenvalue weighted by Crippen LogP contribution is 2.42. The number of carbonyl (C=O) groups is 1. The summed E-state index contributed by atoms with van der Waals surface area (Å²) in [7, 11) is 0. The Bertz CT molecular complexity index is 660. The van der Waals surface area contributed by atoms with E-state index in [-0.39, 0.29) is 19.0 Å². The maximum atomic E-state index is 12.2. The van der Waals surface area contributed by atoms with Crippen molar-refractivity contribution in [1.82, 2.24) is 0 Å². The second kappa shape index (κ2) is 8.42. The lowest BCUT2D eigenvalue weighted by Crippen LogP contribution is -2.27. The molecule has 0 aliphatic heterocycles. The summed E-state index contributed by atoms with van der Waals surface area (Å²) in [6, 6.07) is 9.64. The molecule has 2 aliphatic carbocycles. The Labute approximate surface area is 159 Å². The smallest absolute Gasteiger partial charge is 0.308 e. The van der Waals surface area contributed by atoms with E-state index in [0.29, 0.717) is 12.3 Å². The lowest BCUT2D eigenvalue weighted by atomic mass is 9.80. The molecule has 0 bridgehead atoms. The highest BCUT2D eigenvalue weighted by Gasteiger charge is 2.34. The molecule has 3 rings (SSSR count). The number of allylic oxidation sites excluding steroid dienone is 4. The molecule has 2 aliphatic rings. The van der Waals surface area contributed by atoms with Gasteiger partial charge in [-0.15, -0.1) is 11.6 Å². The molecule has 0 amide bonds. The number of esters is 1. The van der Waals surface area contributed by atoms with Gasteiger partial charge in [0, 0.05) is 11.5 Å². The molecule has 2 nitrogen and oxygen atoms in total. The maximum absolute atomic E-state index is 12.2. The number of hydrogen-bond donors (Lipinski definition) is 0. The molecule has 134 valence electrons. The highest BCUT2D eigenvalue weighted by atomic mass is 35.5. The van der Waals surface area contributed by atoms with Crippen LogP contribution in [0.3, 0.4) is 0 Å². The Morgan fingerprint density at radius 1 is 1.16 bits per heavy atom. The molecule has 1 unspecified atom stereocenters. The second-order valence-corrected chi connectivity index (χ2v) is 8.27. The fourth-order valence-corrected chi connectivity index (χ4v) is 4.50. The van der Waals surface area contributed by atoms with E-state index in [1.54, 1.807) is 0 Å². The Morgan fingerprint density at radius 3 is 2.56 bits per heavy atom. The number of ether oxygens (including phenoxy) is 1. The Morgan fingerprint density at radius 2 is 1.88 bits per heavy atom. The van der Waals surface area contributed by atoms with Crippen LogP contribution in [-0.4, -0.2) is 10.8 Å². The molecule has 1 aromatic rings. The monoisotopic (exact) mass is 378 g/mol. The second-order valence-electron chi connectivity index (χ2n) is 7.06. The third kappa shape index (κ3) is 5.12. The molecule has 1 atom stereocenters. The van der Waals surface area contributed by atoms with Crippen molar-refractivity contribution in [2.45, 2.75) is 56.4 Å². The van der Waals surface area contributed by atoms with Gasteiger partial charge in [-0.1, -0.05) is 73.3 Å². The Balaban J connectivity index is 1.55. The van der Waals surface area contributed by atoms with Crippen LogP contribution in [0.5, 0.6) is 0 Å². The van der Waals surface area contributed by atoms with E-state index >= 15 is 0 Å². The van der Waals surface area contributed by atoms with Crippen molar-refractivity contribution in [2.24, 2.45) is 5.92 Å². The van der Waals surface area contributed by atoms with Gasteiger partial charge in [-0.25, -0.2) is 0 Å².